The number of carboxylic acid groups (broad SMARTS) is 1. The molecule has 2 fully saturated rings. The minimum Gasteiger partial charge on any atom is -0.481 e. The molecular formula is C17H31NO2. The van der Waals surface area contributed by atoms with Gasteiger partial charge in [-0.25, -0.2) is 0 Å². The van der Waals surface area contributed by atoms with Crippen LogP contribution in [0, 0.1) is 16.7 Å². The molecule has 0 amide bonds. The largest absolute Gasteiger partial charge is 0.481 e. The van der Waals surface area contributed by atoms with Gasteiger partial charge in [0, 0.05) is 12.6 Å². The van der Waals surface area contributed by atoms with Gasteiger partial charge in [0.05, 0.1) is 5.41 Å². The van der Waals surface area contributed by atoms with Crippen LogP contribution in [0.1, 0.15) is 66.2 Å². The van der Waals surface area contributed by atoms with Crippen LogP contribution >= 0.6 is 0 Å². The maximum atomic E-state index is 11.7. The van der Waals surface area contributed by atoms with E-state index >= 15 is 0 Å². The first-order valence-electron chi connectivity index (χ1n) is 8.25. The van der Waals surface area contributed by atoms with Crippen molar-refractivity contribution in [1.29, 1.82) is 0 Å². The summed E-state index contributed by atoms with van der Waals surface area (Å²) in [6.45, 7) is 10.9. The van der Waals surface area contributed by atoms with E-state index in [-0.39, 0.29) is 0 Å². The number of hydrogen-bond acceptors (Lipinski definition) is 2. The average molecular weight is 281 g/mol. The second kappa shape index (κ2) is 5.67. The van der Waals surface area contributed by atoms with Crippen molar-refractivity contribution in [3.05, 3.63) is 0 Å². The van der Waals surface area contributed by atoms with Crippen molar-refractivity contribution in [1.82, 2.24) is 4.90 Å². The first-order chi connectivity index (χ1) is 9.28. The quantitative estimate of drug-likeness (QED) is 0.852. The number of carboxylic acids is 1. The monoisotopic (exact) mass is 281 g/mol. The van der Waals surface area contributed by atoms with Crippen LogP contribution in [-0.2, 0) is 4.79 Å². The molecule has 0 aromatic rings. The molecule has 2 aliphatic rings. The Morgan fingerprint density at radius 3 is 2.60 bits per heavy atom. The molecule has 0 bridgehead atoms. The molecule has 3 atom stereocenters. The molecule has 0 aromatic carbocycles. The van der Waals surface area contributed by atoms with Gasteiger partial charge in [-0.2, -0.15) is 0 Å². The molecule has 3 heteroatoms. The summed E-state index contributed by atoms with van der Waals surface area (Å²) in [6, 6.07) is 0.590. The van der Waals surface area contributed by atoms with E-state index in [1.807, 2.05) is 0 Å². The van der Waals surface area contributed by atoms with Gasteiger partial charge in [-0.05, 0) is 50.0 Å². The zero-order chi connectivity index (χ0) is 15.0. The van der Waals surface area contributed by atoms with E-state index < -0.39 is 11.4 Å². The Kier molecular flexibility index (Phi) is 4.48. The third-order valence-corrected chi connectivity index (χ3v) is 5.45. The van der Waals surface area contributed by atoms with Gasteiger partial charge < -0.3 is 5.11 Å². The van der Waals surface area contributed by atoms with Crippen LogP contribution in [-0.4, -0.2) is 35.1 Å². The Morgan fingerprint density at radius 1 is 1.35 bits per heavy atom. The molecular weight excluding hydrogens is 250 g/mol. The highest BCUT2D eigenvalue weighted by molar-refractivity contribution is 5.75. The molecule has 1 heterocycles. The zero-order valence-corrected chi connectivity index (χ0v) is 13.6. The summed E-state index contributed by atoms with van der Waals surface area (Å²) in [7, 11) is 0. The van der Waals surface area contributed by atoms with Crippen molar-refractivity contribution in [2.24, 2.45) is 16.7 Å². The molecule has 3 unspecified atom stereocenters. The number of rotatable bonds is 4. The molecule has 0 spiro atoms. The van der Waals surface area contributed by atoms with Crippen LogP contribution in [0.4, 0.5) is 0 Å². The van der Waals surface area contributed by atoms with Gasteiger partial charge in [0.25, 0.3) is 0 Å². The van der Waals surface area contributed by atoms with Crippen molar-refractivity contribution >= 4 is 5.97 Å². The molecule has 20 heavy (non-hydrogen) atoms. The first-order valence-corrected chi connectivity index (χ1v) is 8.25. The molecule has 3 nitrogen and oxygen atoms in total. The summed E-state index contributed by atoms with van der Waals surface area (Å²) < 4.78 is 0. The fourth-order valence-corrected chi connectivity index (χ4v) is 4.75. The van der Waals surface area contributed by atoms with Crippen LogP contribution in [0.15, 0.2) is 0 Å². The fraction of sp³-hybridized carbons (Fsp3) is 0.941. The molecule has 0 aromatic heterocycles. The van der Waals surface area contributed by atoms with Crippen molar-refractivity contribution in [2.45, 2.75) is 72.3 Å². The van der Waals surface area contributed by atoms with Crippen LogP contribution in [0.25, 0.3) is 0 Å². The third kappa shape index (κ3) is 3.19. The maximum Gasteiger partial charge on any atom is 0.310 e. The fourth-order valence-electron chi connectivity index (χ4n) is 4.75. The summed E-state index contributed by atoms with van der Waals surface area (Å²) in [6.07, 6.45) is 6.39. The minimum atomic E-state index is -0.579. The van der Waals surface area contributed by atoms with Crippen LogP contribution in [0.2, 0.25) is 0 Å². The molecule has 1 aliphatic heterocycles. The summed E-state index contributed by atoms with van der Waals surface area (Å²) in [5.74, 6) is 0.180. The van der Waals surface area contributed by atoms with E-state index in [1.54, 1.807) is 0 Å². The molecule has 2 rings (SSSR count). The Bertz CT molecular complexity index is 366. The van der Waals surface area contributed by atoms with Crippen LogP contribution in [0.5, 0.6) is 0 Å². The van der Waals surface area contributed by atoms with E-state index in [0.29, 0.717) is 11.5 Å². The lowest BCUT2D eigenvalue weighted by Crippen LogP contribution is -2.44. The molecule has 1 aliphatic carbocycles. The summed E-state index contributed by atoms with van der Waals surface area (Å²) in [5.41, 5.74) is -0.0683. The van der Waals surface area contributed by atoms with E-state index in [9.17, 15) is 9.90 Å². The lowest BCUT2D eigenvalue weighted by molar-refractivity contribution is -0.148. The average Bonchev–Trinajstić information content (AvgIpc) is 2.72. The van der Waals surface area contributed by atoms with Crippen LogP contribution < -0.4 is 0 Å². The molecule has 1 saturated carbocycles. The van der Waals surface area contributed by atoms with E-state index in [2.05, 4.69) is 32.6 Å². The lowest BCUT2D eigenvalue weighted by Gasteiger charge is -2.43. The van der Waals surface area contributed by atoms with E-state index in [1.165, 1.54) is 19.3 Å². The van der Waals surface area contributed by atoms with Crippen molar-refractivity contribution < 1.29 is 9.90 Å². The van der Waals surface area contributed by atoms with Crippen LogP contribution in [0.3, 0.4) is 0 Å². The Hall–Kier alpha value is -0.570. The van der Waals surface area contributed by atoms with Gasteiger partial charge in [-0.1, -0.05) is 34.1 Å². The highest BCUT2D eigenvalue weighted by Crippen LogP contribution is 2.44. The number of likely N-dealkylation sites (tertiary alicyclic amines) is 1. The van der Waals surface area contributed by atoms with Gasteiger partial charge in [-0.3, -0.25) is 9.69 Å². The summed E-state index contributed by atoms with van der Waals surface area (Å²) in [4.78, 5) is 14.2. The van der Waals surface area contributed by atoms with Gasteiger partial charge in [0.15, 0.2) is 0 Å². The smallest absolute Gasteiger partial charge is 0.310 e. The van der Waals surface area contributed by atoms with Gasteiger partial charge >= 0.3 is 5.97 Å². The van der Waals surface area contributed by atoms with Gasteiger partial charge in [-0.15, -0.1) is 0 Å². The zero-order valence-electron chi connectivity index (χ0n) is 13.6. The van der Waals surface area contributed by atoms with Gasteiger partial charge in [0.2, 0.25) is 0 Å². The van der Waals surface area contributed by atoms with E-state index in [0.717, 1.165) is 38.3 Å². The normalized spacial score (nSPS) is 38.0. The van der Waals surface area contributed by atoms with Crippen molar-refractivity contribution in [2.75, 3.05) is 13.1 Å². The topological polar surface area (TPSA) is 40.5 Å². The second-order valence-corrected chi connectivity index (χ2v) is 8.12. The first kappa shape index (κ1) is 15.8. The molecule has 116 valence electrons. The standard InChI is InChI=1S/C17H31NO2/c1-5-6-17(15(19)20)7-8-18(12-17)14-9-13(2)10-16(3,4)11-14/h13-14H,5-12H2,1-4H3,(H,19,20). The van der Waals surface area contributed by atoms with E-state index in [4.69, 9.17) is 0 Å². The number of carbonyl (C=O) groups is 1. The highest BCUT2D eigenvalue weighted by atomic mass is 16.4. The second-order valence-electron chi connectivity index (χ2n) is 8.12. The van der Waals surface area contributed by atoms with Gasteiger partial charge in [0.1, 0.15) is 0 Å². The molecule has 0 radical (unpaired) electrons. The molecule has 1 saturated heterocycles. The number of aliphatic carboxylic acids is 1. The minimum absolute atomic E-state index is 0.404. The molecule has 1 N–H and O–H groups in total. The summed E-state index contributed by atoms with van der Waals surface area (Å²) in [5, 5.41) is 9.64. The Balaban J connectivity index is 2.06. The predicted molar refractivity (Wildman–Crippen MR) is 81.8 cm³/mol. The third-order valence-electron chi connectivity index (χ3n) is 5.45. The summed E-state index contributed by atoms with van der Waals surface area (Å²) >= 11 is 0. The van der Waals surface area contributed by atoms with Crippen molar-refractivity contribution in [3.63, 3.8) is 0 Å². The SMILES string of the molecule is CCCC1(C(=O)O)CCN(C2CC(C)CC(C)(C)C2)C1. The predicted octanol–water partition coefficient (Wildman–Crippen LogP) is 3.78. The Morgan fingerprint density at radius 2 is 2.05 bits per heavy atom. The Labute approximate surface area is 123 Å². The lowest BCUT2D eigenvalue weighted by atomic mass is 9.70. The van der Waals surface area contributed by atoms with Crippen molar-refractivity contribution in [3.8, 4) is 0 Å². The highest BCUT2D eigenvalue weighted by Gasteiger charge is 2.47. The number of hydrogen-bond donors (Lipinski definition) is 1. The number of nitrogens with zero attached hydrogens (tertiary/aromatic N) is 1. The maximum absolute atomic E-state index is 11.7.